The molecule has 0 aromatic heterocycles. The lowest BCUT2D eigenvalue weighted by atomic mass is 10.2. The van der Waals surface area contributed by atoms with Gasteiger partial charge in [0.25, 0.3) is 0 Å². The Hall–Kier alpha value is -0.770. The zero-order valence-corrected chi connectivity index (χ0v) is 6.22. The molecule has 0 aromatic carbocycles. The normalized spacial score (nSPS) is 9.00. The van der Waals surface area contributed by atoms with Gasteiger partial charge in [-0.1, -0.05) is 19.8 Å². The van der Waals surface area contributed by atoms with Gasteiger partial charge in [0.05, 0.1) is 0 Å². The highest BCUT2D eigenvalue weighted by molar-refractivity contribution is 5.66. The molecular weight excluding hydrogens is 132 g/mol. The monoisotopic (exact) mass is 146 g/mol. The van der Waals surface area contributed by atoms with Crippen molar-refractivity contribution in [2.45, 2.75) is 26.2 Å². The number of hydrogen-bond acceptors (Lipinski definition) is 3. The van der Waals surface area contributed by atoms with Crippen LogP contribution >= 0.6 is 0 Å². The van der Waals surface area contributed by atoms with Crippen LogP contribution in [0.2, 0.25) is 0 Å². The first kappa shape index (κ1) is 9.23. The molecule has 0 unspecified atom stereocenters. The molecule has 0 saturated carbocycles. The molecule has 0 aliphatic carbocycles. The molecule has 0 atom stereocenters. The molecule has 0 fully saturated rings. The predicted molar refractivity (Wildman–Crippen MR) is 38.2 cm³/mol. The van der Waals surface area contributed by atoms with E-state index in [-0.39, 0.29) is 0 Å². The van der Waals surface area contributed by atoms with E-state index in [0.717, 1.165) is 19.3 Å². The van der Waals surface area contributed by atoms with Crippen molar-refractivity contribution in [3.8, 4) is 0 Å². The Morgan fingerprint density at radius 3 is 2.80 bits per heavy atom. The van der Waals surface area contributed by atoms with Crippen molar-refractivity contribution in [3.63, 3.8) is 0 Å². The van der Waals surface area contributed by atoms with Crippen molar-refractivity contribution in [1.29, 1.82) is 0 Å². The molecule has 4 nitrogen and oxygen atoms in total. The van der Waals surface area contributed by atoms with Crippen molar-refractivity contribution >= 4 is 6.09 Å². The van der Waals surface area contributed by atoms with Crippen molar-refractivity contribution < 1.29 is 9.63 Å². The Balaban J connectivity index is 2.96. The zero-order chi connectivity index (χ0) is 7.82. The van der Waals surface area contributed by atoms with Gasteiger partial charge in [-0.15, -0.1) is 0 Å². The highest BCUT2D eigenvalue weighted by atomic mass is 16.7. The second kappa shape index (κ2) is 6.35. The van der Waals surface area contributed by atoms with E-state index in [0.29, 0.717) is 6.54 Å². The Morgan fingerprint density at radius 2 is 2.30 bits per heavy atom. The minimum Gasteiger partial charge on any atom is -0.357 e. The van der Waals surface area contributed by atoms with Crippen LogP contribution in [0.5, 0.6) is 0 Å². The Kier molecular flexibility index (Phi) is 5.86. The van der Waals surface area contributed by atoms with E-state index in [9.17, 15) is 4.79 Å². The first-order chi connectivity index (χ1) is 4.81. The third-order valence-electron chi connectivity index (χ3n) is 1.16. The minimum atomic E-state index is -0.559. The largest absolute Gasteiger partial charge is 0.425 e. The van der Waals surface area contributed by atoms with Gasteiger partial charge in [0.2, 0.25) is 0 Å². The minimum absolute atomic E-state index is 0.559. The summed E-state index contributed by atoms with van der Waals surface area (Å²) in [5.41, 5.74) is 0. The van der Waals surface area contributed by atoms with Gasteiger partial charge in [-0.3, -0.25) is 0 Å². The molecule has 0 aliphatic heterocycles. The summed E-state index contributed by atoms with van der Waals surface area (Å²) in [4.78, 5) is 14.2. The van der Waals surface area contributed by atoms with Crippen LogP contribution in [0.1, 0.15) is 26.2 Å². The van der Waals surface area contributed by atoms with Crippen molar-refractivity contribution in [2.75, 3.05) is 6.54 Å². The Bertz CT molecular complexity index is 95.7. The number of carbonyl (C=O) groups is 1. The topological polar surface area (TPSA) is 64.3 Å². The number of rotatable bonds is 4. The van der Waals surface area contributed by atoms with Gasteiger partial charge in [0, 0.05) is 6.54 Å². The maximum absolute atomic E-state index is 10.3. The van der Waals surface area contributed by atoms with Crippen molar-refractivity contribution in [1.82, 2.24) is 5.32 Å². The fourth-order valence-electron chi connectivity index (χ4n) is 0.607. The molecule has 0 aromatic rings. The first-order valence-electron chi connectivity index (χ1n) is 3.45. The third-order valence-corrected chi connectivity index (χ3v) is 1.16. The summed E-state index contributed by atoms with van der Waals surface area (Å²) in [7, 11) is 0. The molecule has 0 radical (unpaired) electrons. The number of nitrogens with two attached hydrogens (primary N) is 1. The number of hydrogen-bond donors (Lipinski definition) is 2. The second-order valence-electron chi connectivity index (χ2n) is 2.04. The quantitative estimate of drug-likeness (QED) is 0.455. The summed E-state index contributed by atoms with van der Waals surface area (Å²) in [6.07, 6.45) is 2.67. The van der Waals surface area contributed by atoms with Crippen LogP contribution < -0.4 is 11.2 Å². The van der Waals surface area contributed by atoms with Gasteiger partial charge in [-0.2, -0.15) is 5.90 Å². The lowest BCUT2D eigenvalue weighted by Crippen LogP contribution is -2.27. The fraction of sp³-hybridized carbons (Fsp3) is 0.833. The summed E-state index contributed by atoms with van der Waals surface area (Å²) in [6, 6.07) is 0. The van der Waals surface area contributed by atoms with Gasteiger partial charge in [0.1, 0.15) is 0 Å². The van der Waals surface area contributed by atoms with Crippen LogP contribution in [-0.2, 0) is 4.84 Å². The number of nitrogens with one attached hydrogen (secondary N) is 1. The number of carbonyl (C=O) groups excluding carboxylic acids is 1. The summed E-state index contributed by atoms with van der Waals surface area (Å²) in [5.74, 6) is 4.57. The molecule has 4 heteroatoms. The molecule has 0 bridgehead atoms. The van der Waals surface area contributed by atoms with Crippen LogP contribution in [0.25, 0.3) is 0 Å². The van der Waals surface area contributed by atoms with Gasteiger partial charge in [-0.05, 0) is 6.42 Å². The summed E-state index contributed by atoms with van der Waals surface area (Å²) in [5, 5.41) is 2.48. The van der Waals surface area contributed by atoms with E-state index in [4.69, 9.17) is 0 Å². The molecule has 1 amide bonds. The lowest BCUT2D eigenvalue weighted by Gasteiger charge is -2.00. The molecule has 0 spiro atoms. The Labute approximate surface area is 60.7 Å². The van der Waals surface area contributed by atoms with Crippen LogP contribution in [0.15, 0.2) is 0 Å². The highest BCUT2D eigenvalue weighted by Gasteiger charge is 1.95. The van der Waals surface area contributed by atoms with Gasteiger partial charge >= 0.3 is 6.09 Å². The lowest BCUT2D eigenvalue weighted by molar-refractivity contribution is 0.147. The molecule has 60 valence electrons. The van der Waals surface area contributed by atoms with Crippen LogP contribution in [0, 0.1) is 0 Å². The highest BCUT2D eigenvalue weighted by Crippen LogP contribution is 1.90. The average molecular weight is 146 g/mol. The molecule has 10 heavy (non-hydrogen) atoms. The van der Waals surface area contributed by atoms with Crippen LogP contribution in [0.3, 0.4) is 0 Å². The summed E-state index contributed by atoms with van der Waals surface area (Å²) >= 11 is 0. The first-order valence-corrected chi connectivity index (χ1v) is 3.45. The van der Waals surface area contributed by atoms with Crippen LogP contribution in [-0.4, -0.2) is 12.6 Å². The van der Waals surface area contributed by atoms with Gasteiger partial charge < -0.3 is 10.2 Å². The molecule has 0 aliphatic rings. The van der Waals surface area contributed by atoms with E-state index < -0.39 is 6.09 Å². The fourth-order valence-corrected chi connectivity index (χ4v) is 0.607. The van der Waals surface area contributed by atoms with E-state index in [1.54, 1.807) is 0 Å². The smallest absolute Gasteiger partial charge is 0.357 e. The van der Waals surface area contributed by atoms with E-state index in [2.05, 4.69) is 23.0 Å². The number of amides is 1. The van der Waals surface area contributed by atoms with Gasteiger partial charge in [0.15, 0.2) is 0 Å². The SMILES string of the molecule is CCCCCNC(=O)ON. The molecule has 3 N–H and O–H groups in total. The summed E-state index contributed by atoms with van der Waals surface area (Å²) < 4.78 is 0. The molecule has 0 saturated heterocycles. The molecule has 0 rings (SSSR count). The maximum Gasteiger partial charge on any atom is 0.425 e. The molecule has 0 heterocycles. The van der Waals surface area contributed by atoms with E-state index >= 15 is 0 Å². The summed E-state index contributed by atoms with van der Waals surface area (Å²) in [6.45, 7) is 2.74. The average Bonchev–Trinajstić information content (AvgIpc) is 1.98. The standard InChI is InChI=1S/C6H14N2O2/c1-2-3-4-5-8-6(9)10-7/h2-5,7H2,1H3,(H,8,9). The van der Waals surface area contributed by atoms with E-state index in [1.807, 2.05) is 0 Å². The molecular formula is C6H14N2O2. The van der Waals surface area contributed by atoms with E-state index in [1.165, 1.54) is 0 Å². The van der Waals surface area contributed by atoms with Crippen LogP contribution in [0.4, 0.5) is 4.79 Å². The predicted octanol–water partition coefficient (Wildman–Crippen LogP) is 0.777. The third kappa shape index (κ3) is 5.37. The van der Waals surface area contributed by atoms with Gasteiger partial charge in [-0.25, -0.2) is 4.79 Å². The number of unbranched alkanes of at least 4 members (excludes halogenated alkanes) is 2. The zero-order valence-electron chi connectivity index (χ0n) is 6.22. The Morgan fingerprint density at radius 1 is 1.60 bits per heavy atom. The maximum atomic E-state index is 10.3. The van der Waals surface area contributed by atoms with Crippen molar-refractivity contribution in [2.24, 2.45) is 5.90 Å². The second-order valence-corrected chi connectivity index (χ2v) is 2.04. The van der Waals surface area contributed by atoms with Crippen molar-refractivity contribution in [3.05, 3.63) is 0 Å².